The van der Waals surface area contributed by atoms with Gasteiger partial charge in [-0.3, -0.25) is 19.3 Å². The fourth-order valence-corrected chi connectivity index (χ4v) is 6.57. The standard InChI is InChI=1S/C29H29N3O7S/c1-32(2)22-16-12-15-11-14-8-9-17(31-18(40)10-13-6-4-3-5-7-13)23(33)19(14)24(34)20(15)26(36)29(16,39)27(37)21(25(22)35)28(30)38/h3-9,15-16,22,33-34,37,39H,10-12H2,1-2H3,(H2,30,38)(H,31,40). The number of primary amides is 1. The lowest BCUT2D eigenvalue weighted by Crippen LogP contribution is -2.65. The number of benzene rings is 2. The number of aliphatic hydroxyl groups excluding tert-OH is 2. The number of rotatable bonds is 5. The summed E-state index contributed by atoms with van der Waals surface area (Å²) in [5.41, 5.74) is 3.38. The van der Waals surface area contributed by atoms with Gasteiger partial charge in [0.25, 0.3) is 5.91 Å². The number of hydrogen-bond donors (Lipinski definition) is 6. The van der Waals surface area contributed by atoms with Crippen molar-refractivity contribution in [2.75, 3.05) is 19.4 Å². The van der Waals surface area contributed by atoms with Gasteiger partial charge in [0.05, 0.1) is 22.3 Å². The first kappa shape index (κ1) is 27.5. The van der Waals surface area contributed by atoms with E-state index in [2.05, 4.69) is 5.32 Å². The summed E-state index contributed by atoms with van der Waals surface area (Å²) in [7, 11) is 3.12. The molecule has 0 heterocycles. The molecule has 2 aromatic rings. The Morgan fingerprint density at radius 2 is 1.80 bits per heavy atom. The van der Waals surface area contributed by atoms with Gasteiger partial charge in [-0.2, -0.15) is 0 Å². The Hall–Kier alpha value is -4.06. The Morgan fingerprint density at radius 3 is 2.42 bits per heavy atom. The van der Waals surface area contributed by atoms with E-state index in [1.54, 1.807) is 26.2 Å². The minimum atomic E-state index is -2.67. The number of aliphatic hydroxyl groups is 3. The number of ketones is 2. The average molecular weight is 564 g/mol. The van der Waals surface area contributed by atoms with Crippen LogP contribution in [-0.2, 0) is 27.2 Å². The van der Waals surface area contributed by atoms with Crippen molar-refractivity contribution in [1.29, 1.82) is 0 Å². The van der Waals surface area contributed by atoms with Crippen molar-refractivity contribution in [2.24, 2.45) is 17.6 Å². The van der Waals surface area contributed by atoms with E-state index >= 15 is 0 Å². The molecule has 0 saturated heterocycles. The van der Waals surface area contributed by atoms with Crippen molar-refractivity contribution in [1.82, 2.24) is 4.90 Å². The number of nitrogens with two attached hydrogens (primary N) is 1. The van der Waals surface area contributed by atoms with Crippen LogP contribution in [0.1, 0.15) is 23.1 Å². The monoisotopic (exact) mass is 563 g/mol. The number of hydrogen-bond acceptors (Lipinski definition) is 9. The van der Waals surface area contributed by atoms with E-state index in [-0.39, 0.29) is 35.4 Å². The molecule has 4 unspecified atom stereocenters. The fraction of sp³-hybridized carbons (Fsp3) is 0.310. The number of likely N-dealkylation sites (N-methyl/N-ethyl adjacent to an activating group) is 1. The predicted molar refractivity (Wildman–Crippen MR) is 151 cm³/mol. The second-order valence-electron chi connectivity index (χ2n) is 10.7. The molecule has 2 aromatic carbocycles. The van der Waals surface area contributed by atoms with Crippen molar-refractivity contribution in [3.8, 4) is 5.75 Å². The summed E-state index contributed by atoms with van der Waals surface area (Å²) in [5, 5.41) is 48.1. The van der Waals surface area contributed by atoms with E-state index in [9.17, 15) is 34.8 Å². The highest BCUT2D eigenvalue weighted by Gasteiger charge is 2.64. The number of aromatic hydroxyl groups is 1. The van der Waals surface area contributed by atoms with Crippen LogP contribution in [0.3, 0.4) is 0 Å². The quantitative estimate of drug-likeness (QED) is 0.179. The lowest BCUT2D eigenvalue weighted by atomic mass is 9.57. The maximum Gasteiger partial charge on any atom is 0.255 e. The van der Waals surface area contributed by atoms with Gasteiger partial charge in [0.2, 0.25) is 5.78 Å². The molecule has 10 nitrogen and oxygen atoms in total. The predicted octanol–water partition coefficient (Wildman–Crippen LogP) is 1.95. The second kappa shape index (κ2) is 9.84. The number of nitrogens with one attached hydrogen (secondary N) is 1. The number of phenols is 1. The third-order valence-electron chi connectivity index (χ3n) is 8.07. The van der Waals surface area contributed by atoms with Gasteiger partial charge < -0.3 is 31.5 Å². The molecule has 0 aromatic heterocycles. The van der Waals surface area contributed by atoms with Gasteiger partial charge in [0, 0.05) is 17.9 Å². The number of nitrogens with zero attached hydrogens (tertiary/aromatic N) is 1. The Morgan fingerprint density at radius 1 is 1.12 bits per heavy atom. The molecule has 0 radical (unpaired) electrons. The van der Waals surface area contributed by atoms with Crippen LogP contribution in [0.15, 0.2) is 59.4 Å². The molecule has 3 aliphatic rings. The first-order chi connectivity index (χ1) is 18.9. The smallest absolute Gasteiger partial charge is 0.255 e. The van der Waals surface area contributed by atoms with E-state index < -0.39 is 58.0 Å². The fourth-order valence-electron chi connectivity index (χ4n) is 6.30. The first-order valence-corrected chi connectivity index (χ1v) is 13.1. The van der Waals surface area contributed by atoms with Gasteiger partial charge in [0.15, 0.2) is 11.4 Å². The Labute approximate surface area is 235 Å². The normalized spacial score (nSPS) is 25.9. The Kier molecular flexibility index (Phi) is 6.77. The van der Waals surface area contributed by atoms with Gasteiger partial charge in [-0.15, -0.1) is 0 Å². The van der Waals surface area contributed by atoms with E-state index in [0.717, 1.165) is 5.56 Å². The topological polar surface area (TPSA) is 173 Å². The van der Waals surface area contributed by atoms with Crippen molar-refractivity contribution in [2.45, 2.75) is 30.9 Å². The van der Waals surface area contributed by atoms with E-state index in [1.165, 1.54) is 4.90 Å². The highest BCUT2D eigenvalue weighted by Crippen LogP contribution is 2.53. The van der Waals surface area contributed by atoms with Crippen LogP contribution in [-0.4, -0.2) is 73.5 Å². The third kappa shape index (κ3) is 4.09. The number of Topliss-reactive ketones (excluding diaryl/α,β-unsaturated/α-hetero) is 2. The zero-order chi connectivity index (χ0) is 29.1. The number of anilines is 1. The average Bonchev–Trinajstić information content (AvgIpc) is 2.88. The van der Waals surface area contributed by atoms with Crippen LogP contribution in [0.4, 0.5) is 5.69 Å². The van der Waals surface area contributed by atoms with E-state index in [0.29, 0.717) is 17.0 Å². The summed E-state index contributed by atoms with van der Waals surface area (Å²) in [4.78, 5) is 41.0. The zero-order valence-corrected chi connectivity index (χ0v) is 22.7. The summed E-state index contributed by atoms with van der Waals surface area (Å²) in [6.45, 7) is 0. The largest absolute Gasteiger partial charge is 0.508 e. The molecule has 11 heteroatoms. The highest BCUT2D eigenvalue weighted by atomic mass is 32.1. The molecule has 208 valence electrons. The lowest BCUT2D eigenvalue weighted by molar-refractivity contribution is -0.153. The summed E-state index contributed by atoms with van der Waals surface area (Å²) >= 11 is 5.45. The van der Waals surface area contributed by atoms with Crippen LogP contribution in [0.2, 0.25) is 0 Å². The van der Waals surface area contributed by atoms with Crippen molar-refractivity contribution < 1.29 is 34.8 Å². The number of amides is 1. The molecule has 0 spiro atoms. The maximum absolute atomic E-state index is 13.9. The molecule has 0 bridgehead atoms. The molecular formula is C29H29N3O7S. The van der Waals surface area contributed by atoms with Gasteiger partial charge in [-0.25, -0.2) is 0 Å². The SMILES string of the molecule is CN(C)C1C(=O)C(C(N)=O)=C(O)C2(O)C(=O)C3=C(O)c4c(ccc(NC(=S)Cc5ccccc5)c4O)CC3CC12. The van der Waals surface area contributed by atoms with Crippen molar-refractivity contribution in [3.63, 3.8) is 0 Å². The van der Waals surface area contributed by atoms with Crippen LogP contribution < -0.4 is 11.1 Å². The van der Waals surface area contributed by atoms with Gasteiger partial charge >= 0.3 is 0 Å². The van der Waals surface area contributed by atoms with Crippen molar-refractivity contribution >= 4 is 46.1 Å². The third-order valence-corrected chi connectivity index (χ3v) is 8.32. The molecule has 1 amide bonds. The van der Waals surface area contributed by atoms with Crippen LogP contribution in [0, 0.1) is 11.8 Å². The van der Waals surface area contributed by atoms with E-state index in [1.807, 2.05) is 30.3 Å². The number of carbonyl (C=O) groups excluding carboxylic acids is 3. The van der Waals surface area contributed by atoms with Crippen LogP contribution >= 0.6 is 12.2 Å². The molecule has 4 atom stereocenters. The minimum Gasteiger partial charge on any atom is -0.508 e. The van der Waals surface area contributed by atoms with Gasteiger partial charge in [0.1, 0.15) is 22.8 Å². The molecule has 3 aliphatic carbocycles. The Bertz CT molecular complexity index is 1530. The van der Waals surface area contributed by atoms with Gasteiger partial charge in [-0.05, 0) is 50.0 Å². The molecule has 40 heavy (non-hydrogen) atoms. The number of carbonyl (C=O) groups is 3. The molecule has 1 fully saturated rings. The summed E-state index contributed by atoms with van der Waals surface area (Å²) in [6, 6.07) is 11.7. The molecule has 1 saturated carbocycles. The molecule has 5 rings (SSSR count). The highest BCUT2D eigenvalue weighted by molar-refractivity contribution is 7.80. The summed E-state index contributed by atoms with van der Waals surface area (Å²) in [6.07, 6.45) is 0.666. The van der Waals surface area contributed by atoms with Crippen LogP contribution in [0.25, 0.3) is 5.76 Å². The lowest BCUT2D eigenvalue weighted by Gasteiger charge is -2.50. The molecule has 7 N–H and O–H groups in total. The van der Waals surface area contributed by atoms with Crippen molar-refractivity contribution in [3.05, 3.63) is 76.1 Å². The zero-order valence-electron chi connectivity index (χ0n) is 21.8. The first-order valence-electron chi connectivity index (χ1n) is 12.7. The molecular weight excluding hydrogens is 534 g/mol. The summed E-state index contributed by atoms with van der Waals surface area (Å²) in [5.74, 6) is -6.85. The van der Waals surface area contributed by atoms with Crippen LogP contribution in [0.5, 0.6) is 5.75 Å². The number of fused-ring (bicyclic) bond motifs is 3. The van der Waals surface area contributed by atoms with Gasteiger partial charge in [-0.1, -0.05) is 48.6 Å². The summed E-state index contributed by atoms with van der Waals surface area (Å²) < 4.78 is 0. The number of phenolic OH excluding ortho intramolecular Hbond substituents is 1. The van der Waals surface area contributed by atoms with E-state index in [4.69, 9.17) is 18.0 Å². The Balaban J connectivity index is 1.57. The molecule has 0 aliphatic heterocycles. The maximum atomic E-state index is 13.9. The minimum absolute atomic E-state index is 0.00352. The number of thiocarbonyl (C=S) groups is 1. The second-order valence-corrected chi connectivity index (χ2v) is 11.2.